The van der Waals surface area contributed by atoms with Gasteiger partial charge in [-0.15, -0.1) is 0 Å². The van der Waals surface area contributed by atoms with Crippen molar-refractivity contribution in [3.8, 4) is 0 Å². The van der Waals surface area contributed by atoms with Gasteiger partial charge in [-0.2, -0.15) is 0 Å². The molecule has 0 unspecified atom stereocenters. The fraction of sp³-hybridized carbons (Fsp3) is 0.643. The van der Waals surface area contributed by atoms with Crippen molar-refractivity contribution >= 4 is 17.6 Å². The second-order valence-electron chi connectivity index (χ2n) is 5.09. The summed E-state index contributed by atoms with van der Waals surface area (Å²) in [6, 6.07) is 1.63. The van der Waals surface area contributed by atoms with Crippen LogP contribution in [0.4, 0.5) is 5.82 Å². The van der Waals surface area contributed by atoms with Gasteiger partial charge in [-0.05, 0) is 27.2 Å². The predicted octanol–water partition coefficient (Wildman–Crippen LogP) is 2.35. The van der Waals surface area contributed by atoms with Gasteiger partial charge in [0.05, 0.1) is 0 Å². The number of carbonyl (C=O) groups is 2. The molecule has 6 heteroatoms. The summed E-state index contributed by atoms with van der Waals surface area (Å²) in [6.07, 6.45) is 2.28. The van der Waals surface area contributed by atoms with E-state index in [1.807, 2.05) is 20.8 Å². The first kappa shape index (κ1) is 16.2. The molecule has 2 amide bonds. The van der Waals surface area contributed by atoms with Gasteiger partial charge in [0.15, 0.2) is 5.82 Å². The maximum Gasteiger partial charge on any atom is 0.245 e. The Bertz CT molecular complexity index is 454. The number of aryl methyl sites for hydroxylation is 1. The highest BCUT2D eigenvalue weighted by molar-refractivity contribution is 5.93. The molecule has 6 nitrogen and oxygen atoms in total. The number of carbonyl (C=O) groups excluding carboxylic acids is 2. The molecule has 0 aliphatic carbocycles. The zero-order valence-corrected chi connectivity index (χ0v) is 12.6. The van der Waals surface area contributed by atoms with Gasteiger partial charge < -0.3 is 14.7 Å². The van der Waals surface area contributed by atoms with Crippen molar-refractivity contribution in [2.24, 2.45) is 0 Å². The van der Waals surface area contributed by atoms with E-state index in [1.165, 1.54) is 0 Å². The first-order valence-corrected chi connectivity index (χ1v) is 6.96. The third kappa shape index (κ3) is 5.03. The standard InChI is InChI=1S/C14H23N3O3/c1-5-6-7-14(19)17(10(2)3)9-13(18)15-12-8-11(4)20-16-12/h8,10H,5-7,9H2,1-4H3,(H,15,16,18). The van der Waals surface area contributed by atoms with Crippen LogP contribution in [0.1, 0.15) is 45.8 Å². The fourth-order valence-electron chi connectivity index (χ4n) is 1.79. The fourth-order valence-corrected chi connectivity index (χ4v) is 1.79. The molecule has 1 heterocycles. The van der Waals surface area contributed by atoms with Crippen molar-refractivity contribution in [3.05, 3.63) is 11.8 Å². The molecule has 0 spiro atoms. The largest absolute Gasteiger partial charge is 0.360 e. The van der Waals surface area contributed by atoms with Crippen molar-refractivity contribution in [2.45, 2.75) is 53.0 Å². The van der Waals surface area contributed by atoms with Gasteiger partial charge in [0, 0.05) is 18.5 Å². The molecule has 20 heavy (non-hydrogen) atoms. The second kappa shape index (κ2) is 7.67. The van der Waals surface area contributed by atoms with Crippen molar-refractivity contribution in [1.82, 2.24) is 10.1 Å². The highest BCUT2D eigenvalue weighted by Gasteiger charge is 2.20. The Morgan fingerprint density at radius 2 is 2.15 bits per heavy atom. The third-order valence-corrected chi connectivity index (χ3v) is 2.90. The van der Waals surface area contributed by atoms with Gasteiger partial charge in [-0.25, -0.2) is 0 Å². The normalized spacial score (nSPS) is 10.7. The number of hydrogen-bond acceptors (Lipinski definition) is 4. The summed E-state index contributed by atoms with van der Waals surface area (Å²) in [4.78, 5) is 25.6. The van der Waals surface area contributed by atoms with Gasteiger partial charge in [0.25, 0.3) is 0 Å². The third-order valence-electron chi connectivity index (χ3n) is 2.90. The van der Waals surface area contributed by atoms with Crippen LogP contribution in [0.15, 0.2) is 10.6 Å². The summed E-state index contributed by atoms with van der Waals surface area (Å²) >= 11 is 0. The van der Waals surface area contributed by atoms with Gasteiger partial charge >= 0.3 is 0 Å². The molecule has 0 saturated heterocycles. The molecular formula is C14H23N3O3. The quantitative estimate of drug-likeness (QED) is 0.832. The Labute approximate surface area is 119 Å². The van der Waals surface area contributed by atoms with Crippen LogP contribution in [0.5, 0.6) is 0 Å². The number of nitrogens with zero attached hydrogens (tertiary/aromatic N) is 2. The highest BCUT2D eigenvalue weighted by atomic mass is 16.5. The van der Waals surface area contributed by atoms with Crippen molar-refractivity contribution < 1.29 is 14.1 Å². The first-order chi connectivity index (χ1) is 9.43. The minimum atomic E-state index is -0.267. The predicted molar refractivity (Wildman–Crippen MR) is 76.2 cm³/mol. The Hall–Kier alpha value is -1.85. The molecule has 1 rings (SSSR count). The van der Waals surface area contributed by atoms with Gasteiger partial charge in [0.1, 0.15) is 12.3 Å². The molecular weight excluding hydrogens is 258 g/mol. The van der Waals surface area contributed by atoms with Crippen LogP contribution in [0.25, 0.3) is 0 Å². The molecule has 0 radical (unpaired) electrons. The Morgan fingerprint density at radius 1 is 1.45 bits per heavy atom. The number of anilines is 1. The Balaban J connectivity index is 2.56. The van der Waals surface area contributed by atoms with Gasteiger partial charge in [0.2, 0.25) is 11.8 Å². The summed E-state index contributed by atoms with van der Waals surface area (Å²) < 4.78 is 4.87. The topological polar surface area (TPSA) is 75.4 Å². The van der Waals surface area contributed by atoms with E-state index < -0.39 is 0 Å². The molecule has 0 fully saturated rings. The van der Waals surface area contributed by atoms with Crippen LogP contribution < -0.4 is 5.32 Å². The lowest BCUT2D eigenvalue weighted by Crippen LogP contribution is -2.42. The average molecular weight is 281 g/mol. The molecule has 0 aliphatic heterocycles. The molecule has 0 atom stereocenters. The smallest absolute Gasteiger partial charge is 0.245 e. The summed E-state index contributed by atoms with van der Waals surface area (Å²) in [5.74, 6) is 0.738. The zero-order valence-electron chi connectivity index (χ0n) is 12.6. The molecule has 1 aromatic rings. The van der Waals surface area contributed by atoms with Gasteiger partial charge in [-0.3, -0.25) is 9.59 Å². The molecule has 1 N–H and O–H groups in total. The number of rotatable bonds is 7. The Morgan fingerprint density at radius 3 is 2.65 bits per heavy atom. The lowest BCUT2D eigenvalue weighted by Gasteiger charge is -2.26. The van der Waals surface area contributed by atoms with Crippen molar-refractivity contribution in [1.29, 1.82) is 0 Å². The van der Waals surface area contributed by atoms with Crippen LogP contribution in [0.3, 0.4) is 0 Å². The molecule has 0 bridgehead atoms. The summed E-state index contributed by atoms with van der Waals surface area (Å²) in [7, 11) is 0. The number of hydrogen-bond donors (Lipinski definition) is 1. The number of aromatic nitrogens is 1. The van der Waals surface area contributed by atoms with Crippen LogP contribution in [0.2, 0.25) is 0 Å². The molecule has 0 saturated carbocycles. The van der Waals surface area contributed by atoms with E-state index in [9.17, 15) is 9.59 Å². The molecule has 0 aliphatic rings. The van der Waals surface area contributed by atoms with Crippen LogP contribution in [-0.4, -0.2) is 34.5 Å². The molecule has 1 aromatic heterocycles. The molecule has 0 aromatic carbocycles. The van der Waals surface area contributed by atoms with E-state index in [4.69, 9.17) is 4.52 Å². The van der Waals surface area contributed by atoms with Crippen LogP contribution in [0, 0.1) is 6.92 Å². The SMILES string of the molecule is CCCCC(=O)N(CC(=O)Nc1cc(C)on1)C(C)C. The summed E-state index contributed by atoms with van der Waals surface area (Å²) in [6.45, 7) is 7.62. The Kier molecular flexibility index (Phi) is 6.21. The van der Waals surface area contributed by atoms with Crippen LogP contribution in [-0.2, 0) is 9.59 Å². The average Bonchev–Trinajstić information content (AvgIpc) is 2.78. The summed E-state index contributed by atoms with van der Waals surface area (Å²) in [5, 5.41) is 6.31. The van der Waals surface area contributed by atoms with E-state index >= 15 is 0 Å². The zero-order chi connectivity index (χ0) is 15.1. The van der Waals surface area contributed by atoms with Crippen LogP contribution >= 0.6 is 0 Å². The minimum absolute atomic E-state index is 0.00772. The second-order valence-corrected chi connectivity index (χ2v) is 5.09. The lowest BCUT2D eigenvalue weighted by atomic mass is 10.2. The number of amides is 2. The highest BCUT2D eigenvalue weighted by Crippen LogP contribution is 2.09. The molecule has 112 valence electrons. The lowest BCUT2D eigenvalue weighted by molar-refractivity contribution is -0.136. The maximum absolute atomic E-state index is 12.0. The first-order valence-electron chi connectivity index (χ1n) is 6.96. The van der Waals surface area contributed by atoms with E-state index in [-0.39, 0.29) is 24.4 Å². The van der Waals surface area contributed by atoms with E-state index in [1.54, 1.807) is 17.9 Å². The number of unbranched alkanes of at least 4 members (excludes halogenated alkanes) is 1. The minimum Gasteiger partial charge on any atom is -0.360 e. The van der Waals surface area contributed by atoms with E-state index in [2.05, 4.69) is 10.5 Å². The van der Waals surface area contributed by atoms with E-state index in [0.717, 1.165) is 12.8 Å². The summed E-state index contributed by atoms with van der Waals surface area (Å²) in [5.41, 5.74) is 0. The van der Waals surface area contributed by atoms with E-state index in [0.29, 0.717) is 18.0 Å². The van der Waals surface area contributed by atoms with Crippen molar-refractivity contribution in [3.63, 3.8) is 0 Å². The maximum atomic E-state index is 12.0. The monoisotopic (exact) mass is 281 g/mol. The van der Waals surface area contributed by atoms with Gasteiger partial charge in [-0.1, -0.05) is 18.5 Å². The number of nitrogens with one attached hydrogen (secondary N) is 1. The van der Waals surface area contributed by atoms with Crippen molar-refractivity contribution in [2.75, 3.05) is 11.9 Å².